The third-order valence-corrected chi connectivity index (χ3v) is 6.03. The van der Waals surface area contributed by atoms with Gasteiger partial charge in [-0.25, -0.2) is 8.42 Å². The number of halogens is 1. The van der Waals surface area contributed by atoms with Crippen LogP contribution in [0.3, 0.4) is 0 Å². The SMILES string of the molecule is CCCN(CCC)S(=O)(=O)c1cccc(C(=O)Nc2ccccc2Cl)c1. The first-order valence-corrected chi connectivity index (χ1v) is 10.4. The molecule has 1 N–H and O–H groups in total. The molecule has 1 amide bonds. The van der Waals surface area contributed by atoms with Crippen molar-refractivity contribution in [1.29, 1.82) is 0 Å². The van der Waals surface area contributed by atoms with Crippen LogP contribution in [-0.2, 0) is 10.0 Å². The fraction of sp³-hybridized carbons (Fsp3) is 0.316. The molecule has 26 heavy (non-hydrogen) atoms. The van der Waals surface area contributed by atoms with Crippen LogP contribution in [-0.4, -0.2) is 31.7 Å². The Morgan fingerprint density at radius 3 is 2.31 bits per heavy atom. The molecule has 0 spiro atoms. The molecule has 2 aromatic rings. The van der Waals surface area contributed by atoms with Gasteiger partial charge in [0, 0.05) is 18.7 Å². The smallest absolute Gasteiger partial charge is 0.255 e. The molecule has 0 saturated heterocycles. The number of nitrogens with zero attached hydrogens (tertiary/aromatic N) is 1. The van der Waals surface area contributed by atoms with Crippen molar-refractivity contribution in [1.82, 2.24) is 4.31 Å². The maximum absolute atomic E-state index is 12.9. The lowest BCUT2D eigenvalue weighted by Gasteiger charge is -2.21. The maximum Gasteiger partial charge on any atom is 0.255 e. The number of nitrogens with one attached hydrogen (secondary N) is 1. The number of amides is 1. The van der Waals surface area contributed by atoms with Gasteiger partial charge < -0.3 is 5.32 Å². The summed E-state index contributed by atoms with van der Waals surface area (Å²) in [7, 11) is -3.64. The summed E-state index contributed by atoms with van der Waals surface area (Å²) in [5, 5.41) is 3.12. The highest BCUT2D eigenvalue weighted by Gasteiger charge is 2.24. The van der Waals surface area contributed by atoms with Gasteiger partial charge in [-0.05, 0) is 43.2 Å². The highest BCUT2D eigenvalue weighted by Crippen LogP contribution is 2.22. The Bertz CT molecular complexity index is 863. The molecule has 0 atom stereocenters. The molecule has 0 radical (unpaired) electrons. The quantitative estimate of drug-likeness (QED) is 0.721. The maximum atomic E-state index is 12.9. The average Bonchev–Trinajstić information content (AvgIpc) is 2.63. The average molecular weight is 395 g/mol. The number of hydrogen-bond acceptors (Lipinski definition) is 3. The monoisotopic (exact) mass is 394 g/mol. The second kappa shape index (κ2) is 9.16. The first-order valence-electron chi connectivity index (χ1n) is 8.56. The first-order chi connectivity index (χ1) is 12.4. The Balaban J connectivity index is 2.29. The van der Waals surface area contributed by atoms with Crippen molar-refractivity contribution in [3.8, 4) is 0 Å². The second-order valence-electron chi connectivity index (χ2n) is 5.87. The van der Waals surface area contributed by atoms with Crippen LogP contribution in [0.2, 0.25) is 5.02 Å². The Kier molecular flexibility index (Phi) is 7.20. The summed E-state index contributed by atoms with van der Waals surface area (Å²) in [6.45, 7) is 4.77. The molecule has 0 saturated carbocycles. The normalized spacial score (nSPS) is 11.5. The van der Waals surface area contributed by atoms with Gasteiger partial charge in [0.05, 0.1) is 15.6 Å². The largest absolute Gasteiger partial charge is 0.321 e. The van der Waals surface area contributed by atoms with Crippen molar-refractivity contribution in [3.63, 3.8) is 0 Å². The van der Waals surface area contributed by atoms with Crippen LogP contribution in [0.4, 0.5) is 5.69 Å². The molecule has 140 valence electrons. The Hall–Kier alpha value is -1.89. The van der Waals surface area contributed by atoms with Crippen LogP contribution in [0, 0.1) is 0 Å². The number of carbonyl (C=O) groups excluding carboxylic acids is 1. The van der Waals surface area contributed by atoms with Crippen LogP contribution in [0.15, 0.2) is 53.4 Å². The third kappa shape index (κ3) is 4.84. The molecule has 7 heteroatoms. The molecule has 0 aliphatic heterocycles. The molecule has 0 aliphatic carbocycles. The van der Waals surface area contributed by atoms with E-state index in [0.717, 1.165) is 12.8 Å². The van der Waals surface area contributed by atoms with Crippen LogP contribution < -0.4 is 5.32 Å². The molecule has 0 aliphatic rings. The molecular formula is C19H23ClN2O3S. The van der Waals surface area contributed by atoms with E-state index in [1.807, 2.05) is 13.8 Å². The van der Waals surface area contributed by atoms with Crippen LogP contribution >= 0.6 is 11.6 Å². The molecule has 2 aromatic carbocycles. The number of carbonyl (C=O) groups is 1. The van der Waals surface area contributed by atoms with Crippen molar-refractivity contribution >= 4 is 33.2 Å². The van der Waals surface area contributed by atoms with Gasteiger partial charge in [0.1, 0.15) is 0 Å². The van der Waals surface area contributed by atoms with E-state index in [1.54, 1.807) is 36.4 Å². The summed E-state index contributed by atoms with van der Waals surface area (Å²) >= 11 is 6.05. The van der Waals surface area contributed by atoms with Gasteiger partial charge in [-0.1, -0.05) is 43.6 Å². The first kappa shape index (κ1) is 20.4. The number of para-hydroxylation sites is 1. The fourth-order valence-corrected chi connectivity index (χ4v) is 4.41. The fourth-order valence-electron chi connectivity index (χ4n) is 2.55. The highest BCUT2D eigenvalue weighted by atomic mass is 35.5. The Morgan fingerprint density at radius 2 is 1.69 bits per heavy atom. The van der Waals surface area contributed by atoms with Gasteiger partial charge >= 0.3 is 0 Å². The lowest BCUT2D eigenvalue weighted by molar-refractivity contribution is 0.102. The second-order valence-corrected chi connectivity index (χ2v) is 8.21. The van der Waals surface area contributed by atoms with Gasteiger partial charge in [0.15, 0.2) is 0 Å². The van der Waals surface area contributed by atoms with E-state index < -0.39 is 15.9 Å². The predicted octanol–water partition coefficient (Wildman–Crippen LogP) is 4.40. The zero-order valence-electron chi connectivity index (χ0n) is 14.9. The Labute approximate surface area is 160 Å². The lowest BCUT2D eigenvalue weighted by atomic mass is 10.2. The summed E-state index contributed by atoms with van der Waals surface area (Å²) in [5.74, 6) is -0.410. The van der Waals surface area contributed by atoms with Crippen LogP contribution in [0.25, 0.3) is 0 Å². The van der Waals surface area contributed by atoms with Gasteiger partial charge in [-0.3, -0.25) is 4.79 Å². The lowest BCUT2D eigenvalue weighted by Crippen LogP contribution is -2.32. The van der Waals surface area contributed by atoms with E-state index in [-0.39, 0.29) is 10.5 Å². The minimum Gasteiger partial charge on any atom is -0.321 e. The van der Waals surface area contributed by atoms with Gasteiger partial charge in [0.2, 0.25) is 10.0 Å². The predicted molar refractivity (Wildman–Crippen MR) is 105 cm³/mol. The number of hydrogen-bond donors (Lipinski definition) is 1. The highest BCUT2D eigenvalue weighted by molar-refractivity contribution is 7.89. The van der Waals surface area contributed by atoms with Gasteiger partial charge in [-0.2, -0.15) is 4.31 Å². The van der Waals surface area contributed by atoms with Gasteiger partial charge in [-0.15, -0.1) is 0 Å². The number of benzene rings is 2. The minimum absolute atomic E-state index is 0.117. The van der Waals surface area contributed by atoms with E-state index in [4.69, 9.17) is 11.6 Å². The van der Waals surface area contributed by atoms with Gasteiger partial charge in [0.25, 0.3) is 5.91 Å². The standard InChI is InChI=1S/C19H23ClN2O3S/c1-3-12-22(13-4-2)26(24,25)16-9-7-8-15(14-16)19(23)21-18-11-6-5-10-17(18)20/h5-11,14H,3-4,12-13H2,1-2H3,(H,21,23). The molecule has 2 rings (SSSR count). The van der Waals surface area contributed by atoms with E-state index in [0.29, 0.717) is 23.8 Å². The summed E-state index contributed by atoms with van der Waals surface area (Å²) in [6, 6.07) is 13.0. The molecule has 0 unspecified atom stereocenters. The zero-order chi connectivity index (χ0) is 19.2. The molecule has 0 fully saturated rings. The van der Waals surface area contributed by atoms with E-state index in [2.05, 4.69) is 5.32 Å². The number of sulfonamides is 1. The van der Waals surface area contributed by atoms with Crippen molar-refractivity contribution in [2.24, 2.45) is 0 Å². The van der Waals surface area contributed by atoms with Crippen molar-refractivity contribution in [3.05, 3.63) is 59.1 Å². The molecule has 0 bridgehead atoms. The number of anilines is 1. The molecule has 0 aromatic heterocycles. The Morgan fingerprint density at radius 1 is 1.04 bits per heavy atom. The summed E-state index contributed by atoms with van der Waals surface area (Å²) in [5.41, 5.74) is 0.741. The molecule has 5 nitrogen and oxygen atoms in total. The molecule has 0 heterocycles. The van der Waals surface area contributed by atoms with E-state index in [1.165, 1.54) is 16.4 Å². The summed E-state index contributed by atoms with van der Waals surface area (Å²) in [4.78, 5) is 12.6. The van der Waals surface area contributed by atoms with Crippen molar-refractivity contribution in [2.75, 3.05) is 18.4 Å². The summed E-state index contributed by atoms with van der Waals surface area (Å²) < 4.78 is 27.2. The number of rotatable bonds is 8. The minimum atomic E-state index is -3.64. The van der Waals surface area contributed by atoms with Crippen molar-refractivity contribution < 1.29 is 13.2 Å². The topological polar surface area (TPSA) is 66.5 Å². The zero-order valence-corrected chi connectivity index (χ0v) is 16.5. The third-order valence-electron chi connectivity index (χ3n) is 3.80. The van der Waals surface area contributed by atoms with Crippen LogP contribution in [0.5, 0.6) is 0 Å². The van der Waals surface area contributed by atoms with E-state index in [9.17, 15) is 13.2 Å². The van der Waals surface area contributed by atoms with Crippen molar-refractivity contribution in [2.45, 2.75) is 31.6 Å². The van der Waals surface area contributed by atoms with Crippen LogP contribution in [0.1, 0.15) is 37.0 Å². The summed E-state index contributed by atoms with van der Waals surface area (Å²) in [6.07, 6.45) is 1.46. The molecular weight excluding hydrogens is 372 g/mol. The van der Waals surface area contributed by atoms with E-state index >= 15 is 0 Å².